The summed E-state index contributed by atoms with van der Waals surface area (Å²) in [6.07, 6.45) is 4.68. The van der Waals surface area contributed by atoms with E-state index in [0.29, 0.717) is 0 Å². The summed E-state index contributed by atoms with van der Waals surface area (Å²) < 4.78 is 4.61. The van der Waals surface area contributed by atoms with E-state index < -0.39 is 11.8 Å². The first-order chi connectivity index (χ1) is 11.6. The Morgan fingerprint density at radius 1 is 1.17 bits per heavy atom. The zero-order chi connectivity index (χ0) is 17.9. The van der Waals surface area contributed by atoms with Gasteiger partial charge in [-0.05, 0) is 38.5 Å². The SMILES string of the molecule is [C-]#[N+]C(=CC=Cc1ccc(N(CC)CC)cc1)C(=O)C(=O)OCC. The predicted molar refractivity (Wildman–Crippen MR) is 95.4 cm³/mol. The molecule has 0 aromatic heterocycles. The maximum Gasteiger partial charge on any atom is 0.367 e. The number of hydrogen-bond donors (Lipinski definition) is 0. The first-order valence-corrected chi connectivity index (χ1v) is 7.89. The van der Waals surface area contributed by atoms with Crippen molar-refractivity contribution in [1.82, 2.24) is 0 Å². The Hall–Kier alpha value is -2.87. The fraction of sp³-hybridized carbons (Fsp3) is 0.316. The molecule has 0 N–H and O–H groups in total. The monoisotopic (exact) mass is 326 g/mol. The van der Waals surface area contributed by atoms with Crippen LogP contribution in [0.25, 0.3) is 10.9 Å². The number of esters is 1. The highest BCUT2D eigenvalue weighted by molar-refractivity contribution is 6.41. The Kier molecular flexibility index (Phi) is 8.00. The Morgan fingerprint density at radius 2 is 1.79 bits per heavy atom. The van der Waals surface area contributed by atoms with Crippen LogP contribution in [0.1, 0.15) is 26.3 Å². The number of ketones is 1. The minimum absolute atomic E-state index is 0.102. The molecule has 0 aliphatic rings. The van der Waals surface area contributed by atoms with Gasteiger partial charge in [0.2, 0.25) is 5.70 Å². The lowest BCUT2D eigenvalue weighted by molar-refractivity contribution is -0.151. The van der Waals surface area contributed by atoms with Gasteiger partial charge in [-0.25, -0.2) is 9.64 Å². The second-order valence-corrected chi connectivity index (χ2v) is 4.84. The molecule has 0 saturated heterocycles. The quantitative estimate of drug-likeness (QED) is 0.241. The summed E-state index contributed by atoms with van der Waals surface area (Å²) >= 11 is 0. The van der Waals surface area contributed by atoms with E-state index in [-0.39, 0.29) is 12.3 Å². The van der Waals surface area contributed by atoms with Gasteiger partial charge in [-0.2, -0.15) is 0 Å². The van der Waals surface area contributed by atoms with Crippen LogP contribution >= 0.6 is 0 Å². The summed E-state index contributed by atoms with van der Waals surface area (Å²) in [6, 6.07) is 7.97. The number of benzene rings is 1. The molecule has 5 nitrogen and oxygen atoms in total. The number of ether oxygens (including phenoxy) is 1. The standard InChI is InChI=1S/C19H22N2O3/c1-5-21(6-2)16-13-11-15(12-14-16)9-8-10-17(20-4)18(22)19(23)24-7-3/h8-14H,5-7H2,1-3H3. The van der Waals surface area contributed by atoms with Crippen molar-refractivity contribution in [2.45, 2.75) is 20.8 Å². The van der Waals surface area contributed by atoms with Gasteiger partial charge >= 0.3 is 5.97 Å². The van der Waals surface area contributed by atoms with E-state index >= 15 is 0 Å². The number of anilines is 1. The molecule has 0 atom stereocenters. The second-order valence-electron chi connectivity index (χ2n) is 4.84. The Bertz CT molecular complexity index is 663. The molecule has 0 fully saturated rings. The molecule has 24 heavy (non-hydrogen) atoms. The molecule has 126 valence electrons. The minimum atomic E-state index is -1.00. The van der Waals surface area contributed by atoms with E-state index in [1.54, 1.807) is 19.1 Å². The van der Waals surface area contributed by atoms with E-state index in [9.17, 15) is 9.59 Å². The lowest BCUT2D eigenvalue weighted by Gasteiger charge is -2.20. The molecule has 0 unspecified atom stereocenters. The van der Waals surface area contributed by atoms with Crippen molar-refractivity contribution in [3.8, 4) is 0 Å². The Morgan fingerprint density at radius 3 is 2.29 bits per heavy atom. The zero-order valence-electron chi connectivity index (χ0n) is 14.3. The first kappa shape index (κ1) is 19.2. The molecule has 1 rings (SSSR count). The second kappa shape index (κ2) is 10.0. The van der Waals surface area contributed by atoms with Gasteiger partial charge in [0.1, 0.15) is 0 Å². The molecule has 0 spiro atoms. The maximum atomic E-state index is 11.7. The fourth-order valence-electron chi connectivity index (χ4n) is 2.10. The van der Waals surface area contributed by atoms with Crippen molar-refractivity contribution >= 4 is 23.5 Å². The number of hydrogen-bond acceptors (Lipinski definition) is 4. The van der Waals surface area contributed by atoms with Crippen molar-refractivity contribution in [2.75, 3.05) is 24.6 Å². The lowest BCUT2D eigenvalue weighted by Crippen LogP contribution is -2.21. The highest BCUT2D eigenvalue weighted by Crippen LogP contribution is 2.15. The van der Waals surface area contributed by atoms with Crippen molar-refractivity contribution in [1.29, 1.82) is 0 Å². The summed E-state index contributed by atoms with van der Waals surface area (Å²) in [5, 5.41) is 0. The van der Waals surface area contributed by atoms with Gasteiger partial charge < -0.3 is 9.64 Å². The third kappa shape index (κ3) is 5.40. The zero-order valence-corrected chi connectivity index (χ0v) is 14.3. The van der Waals surface area contributed by atoms with Gasteiger partial charge in [0.25, 0.3) is 5.78 Å². The highest BCUT2D eigenvalue weighted by Gasteiger charge is 2.19. The van der Waals surface area contributed by atoms with Crippen LogP contribution in [0.4, 0.5) is 5.69 Å². The molecule has 0 bridgehead atoms. The third-order valence-corrected chi connectivity index (χ3v) is 3.38. The van der Waals surface area contributed by atoms with E-state index in [1.165, 1.54) is 6.08 Å². The number of rotatable bonds is 8. The normalized spacial score (nSPS) is 11.2. The Balaban J connectivity index is 2.82. The van der Waals surface area contributed by atoms with Crippen LogP contribution in [0.15, 0.2) is 42.1 Å². The van der Waals surface area contributed by atoms with Gasteiger partial charge in [-0.15, -0.1) is 0 Å². The molecular formula is C19H22N2O3. The molecule has 0 amide bonds. The topological polar surface area (TPSA) is 51.0 Å². The number of carbonyl (C=O) groups is 2. The highest BCUT2D eigenvalue weighted by atomic mass is 16.5. The van der Waals surface area contributed by atoms with Crippen LogP contribution in [-0.4, -0.2) is 31.4 Å². The van der Waals surface area contributed by atoms with Crippen LogP contribution < -0.4 is 4.90 Å². The van der Waals surface area contributed by atoms with Gasteiger partial charge in [0, 0.05) is 18.8 Å². The molecular weight excluding hydrogens is 304 g/mol. The summed E-state index contributed by atoms with van der Waals surface area (Å²) in [6.45, 7) is 14.8. The number of Topliss-reactive ketones (excluding diaryl/α,β-unsaturated/α-hetero) is 1. The van der Waals surface area contributed by atoms with Gasteiger partial charge in [-0.1, -0.05) is 30.4 Å². The van der Waals surface area contributed by atoms with Crippen LogP contribution in [-0.2, 0) is 14.3 Å². The fourth-order valence-corrected chi connectivity index (χ4v) is 2.10. The van der Waals surface area contributed by atoms with Crippen LogP contribution in [0.5, 0.6) is 0 Å². The average molecular weight is 326 g/mol. The van der Waals surface area contributed by atoms with E-state index in [0.717, 1.165) is 24.3 Å². The van der Waals surface area contributed by atoms with Crippen LogP contribution in [0, 0.1) is 6.57 Å². The Labute approximate surface area is 143 Å². The lowest BCUT2D eigenvalue weighted by atomic mass is 10.1. The summed E-state index contributed by atoms with van der Waals surface area (Å²) in [4.78, 5) is 28.4. The predicted octanol–water partition coefficient (Wildman–Crippen LogP) is 3.48. The van der Waals surface area contributed by atoms with Crippen LogP contribution in [0.2, 0.25) is 0 Å². The largest absolute Gasteiger partial charge is 0.461 e. The molecule has 0 heterocycles. The molecule has 0 aliphatic carbocycles. The maximum absolute atomic E-state index is 11.7. The van der Waals surface area contributed by atoms with Gasteiger partial charge in [0.05, 0.1) is 13.2 Å². The van der Waals surface area contributed by atoms with Crippen LogP contribution in [0.3, 0.4) is 0 Å². The number of carbonyl (C=O) groups excluding carboxylic acids is 2. The number of allylic oxidation sites excluding steroid dienone is 2. The smallest absolute Gasteiger partial charge is 0.367 e. The molecule has 1 aromatic carbocycles. The van der Waals surface area contributed by atoms with Crippen molar-refractivity contribution in [3.63, 3.8) is 0 Å². The minimum Gasteiger partial charge on any atom is -0.461 e. The van der Waals surface area contributed by atoms with Crippen molar-refractivity contribution in [3.05, 3.63) is 59.1 Å². The average Bonchev–Trinajstić information content (AvgIpc) is 2.60. The number of nitrogens with zero attached hydrogens (tertiary/aromatic N) is 2. The van der Waals surface area contributed by atoms with Gasteiger partial charge in [-0.3, -0.25) is 4.79 Å². The van der Waals surface area contributed by atoms with E-state index in [1.807, 2.05) is 24.3 Å². The van der Waals surface area contributed by atoms with Crippen molar-refractivity contribution < 1.29 is 14.3 Å². The molecule has 0 radical (unpaired) electrons. The molecule has 0 aliphatic heterocycles. The summed E-state index contributed by atoms with van der Waals surface area (Å²) in [5.74, 6) is -1.93. The molecule has 1 aromatic rings. The summed E-state index contributed by atoms with van der Waals surface area (Å²) in [7, 11) is 0. The van der Waals surface area contributed by atoms with E-state index in [2.05, 4.69) is 28.3 Å². The first-order valence-electron chi connectivity index (χ1n) is 7.89. The van der Waals surface area contributed by atoms with Gasteiger partial charge in [0.15, 0.2) is 0 Å². The summed E-state index contributed by atoms with van der Waals surface area (Å²) in [5.41, 5.74) is 1.83. The molecule has 0 saturated carbocycles. The van der Waals surface area contributed by atoms with E-state index in [4.69, 9.17) is 6.57 Å². The van der Waals surface area contributed by atoms with Crippen molar-refractivity contribution in [2.24, 2.45) is 0 Å². The third-order valence-electron chi connectivity index (χ3n) is 3.38. The molecule has 5 heteroatoms.